The van der Waals surface area contributed by atoms with Crippen molar-refractivity contribution in [2.75, 3.05) is 0 Å². The van der Waals surface area contributed by atoms with Crippen LogP contribution in [0.2, 0.25) is 0 Å². The first-order valence-corrected chi connectivity index (χ1v) is 5.23. The van der Waals surface area contributed by atoms with Crippen molar-refractivity contribution in [1.82, 2.24) is 4.57 Å². The van der Waals surface area contributed by atoms with Gasteiger partial charge in [-0.25, -0.2) is 9.18 Å². The summed E-state index contributed by atoms with van der Waals surface area (Å²) in [5.74, 6) is -2.65. The third kappa shape index (κ3) is 2.17. The fraction of sp³-hybridized carbons (Fsp3) is 0.167. The smallest absolute Gasteiger partial charge is 0.352 e. The Kier molecular flexibility index (Phi) is 3.01. The highest BCUT2D eigenvalue weighted by atomic mass is 19.1. The van der Waals surface area contributed by atoms with E-state index in [1.165, 1.54) is 28.8 Å². The maximum atomic E-state index is 13.0. The zero-order valence-corrected chi connectivity index (χ0v) is 9.26. The lowest BCUT2D eigenvalue weighted by molar-refractivity contribution is -0.137. The van der Waals surface area contributed by atoms with Gasteiger partial charge in [-0.15, -0.1) is 0 Å². The first-order chi connectivity index (χ1) is 8.49. The molecule has 0 amide bonds. The van der Waals surface area contributed by atoms with Gasteiger partial charge in [0.05, 0.1) is 6.42 Å². The number of carboxylic acid groups (broad SMARTS) is 2. The Morgan fingerprint density at radius 1 is 1.22 bits per heavy atom. The quantitative estimate of drug-likeness (QED) is 0.870. The molecule has 0 unspecified atom stereocenters. The minimum Gasteiger partial charge on any atom is -0.481 e. The summed E-state index contributed by atoms with van der Waals surface area (Å²) in [5, 5.41) is 18.1. The first kappa shape index (κ1) is 12.1. The zero-order chi connectivity index (χ0) is 13.3. The Morgan fingerprint density at radius 2 is 1.94 bits per heavy atom. The molecule has 5 nitrogen and oxygen atoms in total. The van der Waals surface area contributed by atoms with Gasteiger partial charge in [0.25, 0.3) is 0 Å². The van der Waals surface area contributed by atoms with E-state index in [4.69, 9.17) is 10.2 Å². The van der Waals surface area contributed by atoms with Crippen LogP contribution in [-0.4, -0.2) is 26.7 Å². The van der Waals surface area contributed by atoms with E-state index >= 15 is 0 Å². The van der Waals surface area contributed by atoms with E-state index in [0.29, 0.717) is 10.9 Å². The molecule has 2 aromatic rings. The van der Waals surface area contributed by atoms with Crippen molar-refractivity contribution >= 4 is 22.8 Å². The van der Waals surface area contributed by atoms with Crippen molar-refractivity contribution < 1.29 is 24.2 Å². The van der Waals surface area contributed by atoms with Crippen LogP contribution in [0.15, 0.2) is 24.3 Å². The molecule has 2 rings (SSSR count). The predicted molar refractivity (Wildman–Crippen MR) is 61.1 cm³/mol. The number of aliphatic carboxylic acids is 1. The Morgan fingerprint density at radius 3 is 2.56 bits per heavy atom. The van der Waals surface area contributed by atoms with E-state index in [9.17, 15) is 14.0 Å². The molecule has 2 N–H and O–H groups in total. The van der Waals surface area contributed by atoms with Crippen molar-refractivity contribution in [3.05, 3.63) is 35.8 Å². The van der Waals surface area contributed by atoms with Crippen LogP contribution in [0.1, 0.15) is 16.9 Å². The van der Waals surface area contributed by atoms with Crippen LogP contribution in [0.5, 0.6) is 0 Å². The zero-order valence-electron chi connectivity index (χ0n) is 9.26. The minimum absolute atomic E-state index is 0.0338. The van der Waals surface area contributed by atoms with Crippen molar-refractivity contribution in [1.29, 1.82) is 0 Å². The molecule has 0 aliphatic carbocycles. The molecule has 0 saturated carbocycles. The molecule has 94 valence electrons. The van der Waals surface area contributed by atoms with E-state index in [1.807, 2.05) is 0 Å². The van der Waals surface area contributed by atoms with Gasteiger partial charge in [-0.3, -0.25) is 4.79 Å². The number of carboxylic acids is 2. The second-order valence-corrected chi connectivity index (χ2v) is 3.83. The van der Waals surface area contributed by atoms with E-state index < -0.39 is 17.8 Å². The molecule has 6 heteroatoms. The number of benzene rings is 1. The van der Waals surface area contributed by atoms with Gasteiger partial charge in [-0.2, -0.15) is 0 Å². The van der Waals surface area contributed by atoms with Crippen LogP contribution in [0.4, 0.5) is 4.39 Å². The van der Waals surface area contributed by atoms with Crippen molar-refractivity contribution in [2.45, 2.75) is 13.0 Å². The Bertz CT molecular complexity index is 632. The van der Waals surface area contributed by atoms with Crippen LogP contribution in [0.25, 0.3) is 10.9 Å². The molecule has 0 atom stereocenters. The van der Waals surface area contributed by atoms with Crippen molar-refractivity contribution in [3.63, 3.8) is 0 Å². The Hall–Kier alpha value is -2.37. The number of aromatic carboxylic acids is 1. The van der Waals surface area contributed by atoms with Gasteiger partial charge in [0.1, 0.15) is 11.5 Å². The highest BCUT2D eigenvalue weighted by Gasteiger charge is 2.15. The van der Waals surface area contributed by atoms with Crippen LogP contribution in [-0.2, 0) is 11.3 Å². The molecule has 0 aliphatic rings. The topological polar surface area (TPSA) is 79.5 Å². The lowest BCUT2D eigenvalue weighted by Gasteiger charge is -2.06. The number of hydrogen-bond donors (Lipinski definition) is 2. The van der Waals surface area contributed by atoms with Gasteiger partial charge >= 0.3 is 11.9 Å². The maximum Gasteiger partial charge on any atom is 0.352 e. The van der Waals surface area contributed by atoms with Crippen LogP contribution < -0.4 is 0 Å². The highest BCUT2D eigenvalue weighted by Crippen LogP contribution is 2.21. The second kappa shape index (κ2) is 4.48. The molecule has 0 radical (unpaired) electrons. The summed E-state index contributed by atoms with van der Waals surface area (Å²) < 4.78 is 14.4. The van der Waals surface area contributed by atoms with Crippen LogP contribution >= 0.6 is 0 Å². The summed E-state index contributed by atoms with van der Waals surface area (Å²) in [5.41, 5.74) is 0.465. The number of carbonyl (C=O) groups is 2. The van der Waals surface area contributed by atoms with E-state index in [2.05, 4.69) is 0 Å². The fourth-order valence-corrected chi connectivity index (χ4v) is 1.87. The summed E-state index contributed by atoms with van der Waals surface area (Å²) in [6.45, 7) is 0.0338. The molecule has 0 spiro atoms. The Labute approximate surface area is 101 Å². The van der Waals surface area contributed by atoms with Crippen molar-refractivity contribution in [3.8, 4) is 0 Å². The fourth-order valence-electron chi connectivity index (χ4n) is 1.87. The van der Waals surface area contributed by atoms with Gasteiger partial charge < -0.3 is 14.8 Å². The van der Waals surface area contributed by atoms with Gasteiger partial charge in [0, 0.05) is 17.4 Å². The summed E-state index contributed by atoms with van der Waals surface area (Å²) >= 11 is 0. The number of fused-ring (bicyclic) bond motifs is 1. The summed E-state index contributed by atoms with van der Waals surface area (Å²) in [6.07, 6.45) is -0.193. The Balaban J connectivity index is 2.55. The highest BCUT2D eigenvalue weighted by molar-refractivity contribution is 5.94. The van der Waals surface area contributed by atoms with E-state index in [1.54, 1.807) is 0 Å². The minimum atomic E-state index is -1.17. The average molecular weight is 251 g/mol. The monoisotopic (exact) mass is 251 g/mol. The number of aromatic nitrogens is 1. The molecule has 1 heterocycles. The summed E-state index contributed by atoms with van der Waals surface area (Å²) in [7, 11) is 0. The third-order valence-corrected chi connectivity index (χ3v) is 2.63. The average Bonchev–Trinajstić information content (AvgIpc) is 2.64. The number of rotatable bonds is 4. The van der Waals surface area contributed by atoms with Gasteiger partial charge in [-0.05, 0) is 24.3 Å². The molecule has 1 aromatic carbocycles. The number of aryl methyl sites for hydroxylation is 1. The normalized spacial score (nSPS) is 10.7. The first-order valence-electron chi connectivity index (χ1n) is 5.23. The molecular weight excluding hydrogens is 241 g/mol. The largest absolute Gasteiger partial charge is 0.481 e. The maximum absolute atomic E-state index is 13.0. The lowest BCUT2D eigenvalue weighted by Crippen LogP contribution is -2.11. The lowest BCUT2D eigenvalue weighted by atomic mass is 10.2. The van der Waals surface area contributed by atoms with E-state index in [0.717, 1.165) is 0 Å². The van der Waals surface area contributed by atoms with E-state index in [-0.39, 0.29) is 18.7 Å². The molecule has 0 saturated heterocycles. The molecule has 0 bridgehead atoms. The molecular formula is C12H10FNO4. The van der Waals surface area contributed by atoms with Crippen LogP contribution in [0, 0.1) is 5.82 Å². The third-order valence-electron chi connectivity index (χ3n) is 2.63. The predicted octanol–water partition coefficient (Wildman–Crippen LogP) is 1.95. The second-order valence-electron chi connectivity index (χ2n) is 3.83. The molecule has 0 aliphatic heterocycles. The summed E-state index contributed by atoms with van der Waals surface area (Å²) in [6, 6.07) is 5.21. The van der Waals surface area contributed by atoms with Crippen LogP contribution in [0.3, 0.4) is 0 Å². The number of halogens is 1. The molecule has 1 aromatic heterocycles. The molecule has 0 fully saturated rings. The molecule has 18 heavy (non-hydrogen) atoms. The number of nitrogens with zero attached hydrogens (tertiary/aromatic N) is 1. The standard InChI is InChI=1S/C12H10FNO4/c13-8-1-2-9-7(5-8)6-10(12(17)18)14(9)4-3-11(15)16/h1-2,5-6H,3-4H2,(H,15,16)(H,17,18). The van der Waals surface area contributed by atoms with Crippen molar-refractivity contribution in [2.24, 2.45) is 0 Å². The SMILES string of the molecule is O=C(O)CCn1c(C(=O)O)cc2cc(F)ccc21. The van der Waals surface area contributed by atoms with Gasteiger partial charge in [0.2, 0.25) is 0 Å². The summed E-state index contributed by atoms with van der Waals surface area (Å²) in [4.78, 5) is 21.6. The number of hydrogen-bond acceptors (Lipinski definition) is 2. The van der Waals surface area contributed by atoms with Gasteiger partial charge in [0.15, 0.2) is 0 Å². The van der Waals surface area contributed by atoms with Gasteiger partial charge in [-0.1, -0.05) is 0 Å².